The molecule has 1 aromatic rings. The quantitative estimate of drug-likeness (QED) is 0.680. The van der Waals surface area contributed by atoms with Gasteiger partial charge in [0.1, 0.15) is 4.90 Å². The summed E-state index contributed by atoms with van der Waals surface area (Å²) < 4.78 is 26.2. The maximum atomic E-state index is 12.0. The zero-order valence-corrected chi connectivity index (χ0v) is 12.9. The van der Waals surface area contributed by atoms with E-state index in [0.29, 0.717) is 12.5 Å². The fourth-order valence-electron chi connectivity index (χ4n) is 1.36. The average molecular weight is 320 g/mol. The van der Waals surface area contributed by atoms with Gasteiger partial charge in [0.05, 0.1) is 12.2 Å². The van der Waals surface area contributed by atoms with Crippen molar-refractivity contribution in [1.29, 1.82) is 0 Å². The lowest BCUT2D eigenvalue weighted by Crippen LogP contribution is -2.38. The normalized spacial score (nSPS) is 11.6. The Bertz CT molecular complexity index is 588. The molecule has 0 fully saturated rings. The van der Waals surface area contributed by atoms with E-state index in [9.17, 15) is 13.2 Å². The smallest absolute Gasteiger partial charge is 0.243 e. The van der Waals surface area contributed by atoms with Crippen molar-refractivity contribution in [3.05, 3.63) is 23.2 Å². The fraction of sp³-hybridized carbons (Fsp3) is 0.417. The van der Waals surface area contributed by atoms with Crippen molar-refractivity contribution >= 4 is 33.2 Å². The lowest BCUT2D eigenvalue weighted by Gasteiger charge is -2.10. The first kappa shape index (κ1) is 16.7. The van der Waals surface area contributed by atoms with Crippen molar-refractivity contribution in [2.24, 2.45) is 5.92 Å². The Morgan fingerprint density at radius 1 is 1.40 bits per heavy atom. The molecule has 1 aromatic carbocycles. The molecule has 0 aliphatic carbocycles. The molecule has 0 aliphatic rings. The number of nitrogen functional groups attached to an aromatic ring is 1. The van der Waals surface area contributed by atoms with Gasteiger partial charge in [-0.1, -0.05) is 25.4 Å². The fourth-order valence-corrected chi connectivity index (χ4v) is 2.73. The highest BCUT2D eigenvalue weighted by molar-refractivity contribution is 7.89. The zero-order chi connectivity index (χ0) is 15.3. The number of nitrogens with one attached hydrogen (secondary N) is 2. The highest BCUT2D eigenvalue weighted by atomic mass is 35.5. The lowest BCUT2D eigenvalue weighted by molar-refractivity contribution is -0.120. The maximum Gasteiger partial charge on any atom is 0.243 e. The molecule has 0 saturated carbocycles. The molecule has 0 saturated heterocycles. The van der Waals surface area contributed by atoms with Crippen LogP contribution >= 0.6 is 11.6 Å². The molecule has 0 bridgehead atoms. The number of carbonyl (C=O) groups is 1. The number of hydrogen-bond donors (Lipinski definition) is 3. The van der Waals surface area contributed by atoms with Crippen molar-refractivity contribution in [3.63, 3.8) is 0 Å². The number of hydrogen-bond acceptors (Lipinski definition) is 4. The second-order valence-electron chi connectivity index (χ2n) is 4.70. The largest absolute Gasteiger partial charge is 0.398 e. The number of carbonyl (C=O) groups excluding carboxylic acids is 1. The molecule has 8 heteroatoms. The van der Waals surface area contributed by atoms with Gasteiger partial charge in [0.2, 0.25) is 15.9 Å². The van der Waals surface area contributed by atoms with E-state index >= 15 is 0 Å². The Hall–Kier alpha value is -1.31. The number of sulfonamides is 1. The third-order valence-corrected chi connectivity index (χ3v) is 4.09. The first-order valence-corrected chi connectivity index (χ1v) is 7.90. The number of benzene rings is 1. The molecule has 112 valence electrons. The summed E-state index contributed by atoms with van der Waals surface area (Å²) in [6, 6.07) is 4.13. The molecule has 6 nitrogen and oxygen atoms in total. The number of amides is 1. The average Bonchev–Trinajstić information content (AvgIpc) is 2.36. The van der Waals surface area contributed by atoms with Crippen LogP contribution in [0.3, 0.4) is 0 Å². The van der Waals surface area contributed by atoms with Crippen LogP contribution in [-0.4, -0.2) is 27.4 Å². The van der Waals surface area contributed by atoms with E-state index in [2.05, 4.69) is 10.0 Å². The van der Waals surface area contributed by atoms with Crippen LogP contribution in [0.15, 0.2) is 23.1 Å². The van der Waals surface area contributed by atoms with E-state index < -0.39 is 15.9 Å². The van der Waals surface area contributed by atoms with Gasteiger partial charge in [0.25, 0.3) is 0 Å². The van der Waals surface area contributed by atoms with Crippen molar-refractivity contribution in [1.82, 2.24) is 10.0 Å². The molecule has 0 spiro atoms. The minimum absolute atomic E-state index is 0.0736. The molecule has 0 radical (unpaired) electrons. The second kappa shape index (κ2) is 6.92. The van der Waals surface area contributed by atoms with Gasteiger partial charge in [-0.3, -0.25) is 4.79 Å². The summed E-state index contributed by atoms with van der Waals surface area (Å²) in [5, 5.41) is 2.86. The highest BCUT2D eigenvalue weighted by Gasteiger charge is 2.18. The third kappa shape index (κ3) is 4.99. The topological polar surface area (TPSA) is 101 Å². The van der Waals surface area contributed by atoms with Gasteiger partial charge in [0, 0.05) is 11.6 Å². The molecule has 20 heavy (non-hydrogen) atoms. The van der Waals surface area contributed by atoms with E-state index in [1.54, 1.807) is 0 Å². The van der Waals surface area contributed by atoms with Crippen molar-refractivity contribution < 1.29 is 13.2 Å². The van der Waals surface area contributed by atoms with Gasteiger partial charge >= 0.3 is 0 Å². The zero-order valence-electron chi connectivity index (χ0n) is 11.3. The predicted molar refractivity (Wildman–Crippen MR) is 78.9 cm³/mol. The van der Waals surface area contributed by atoms with Crippen molar-refractivity contribution in [2.45, 2.75) is 18.7 Å². The molecular formula is C12H18ClN3O3S. The molecule has 1 amide bonds. The highest BCUT2D eigenvalue weighted by Crippen LogP contribution is 2.22. The molecule has 0 heterocycles. The van der Waals surface area contributed by atoms with Crippen LogP contribution in [0.5, 0.6) is 0 Å². The number of halogens is 1. The summed E-state index contributed by atoms with van der Waals surface area (Å²) in [7, 11) is -3.87. The lowest BCUT2D eigenvalue weighted by atomic mass is 10.2. The van der Waals surface area contributed by atoms with Crippen LogP contribution in [-0.2, 0) is 14.8 Å². The minimum atomic E-state index is -3.87. The third-order valence-electron chi connectivity index (χ3n) is 2.40. The van der Waals surface area contributed by atoms with E-state index in [-0.39, 0.29) is 22.2 Å². The Morgan fingerprint density at radius 3 is 2.65 bits per heavy atom. The molecule has 4 N–H and O–H groups in total. The van der Waals surface area contributed by atoms with Crippen LogP contribution in [0.2, 0.25) is 5.02 Å². The van der Waals surface area contributed by atoms with Crippen molar-refractivity contribution in [2.75, 3.05) is 18.8 Å². The van der Waals surface area contributed by atoms with Crippen LogP contribution in [0, 0.1) is 5.92 Å². The van der Waals surface area contributed by atoms with E-state index in [0.717, 1.165) is 0 Å². The van der Waals surface area contributed by atoms with E-state index in [4.69, 9.17) is 17.3 Å². The predicted octanol–water partition coefficient (Wildman–Crippen LogP) is 0.973. The summed E-state index contributed by atoms with van der Waals surface area (Å²) in [6.07, 6.45) is 0. The Labute approximate surface area is 123 Å². The monoisotopic (exact) mass is 319 g/mol. The minimum Gasteiger partial charge on any atom is -0.398 e. The Kier molecular flexibility index (Phi) is 5.79. The number of anilines is 1. The number of rotatable bonds is 6. The Morgan fingerprint density at radius 2 is 2.05 bits per heavy atom. The molecule has 0 atom stereocenters. The SMILES string of the molecule is CC(C)CNC(=O)CNS(=O)(=O)c1cc(Cl)ccc1N. The second-order valence-corrected chi connectivity index (χ2v) is 6.88. The first-order valence-electron chi connectivity index (χ1n) is 6.04. The summed E-state index contributed by atoms with van der Waals surface area (Å²) >= 11 is 5.74. The molecule has 0 aromatic heterocycles. The molecular weight excluding hydrogens is 302 g/mol. The standard InChI is InChI=1S/C12H18ClN3O3S/c1-8(2)6-15-12(17)7-16-20(18,19)11-5-9(13)3-4-10(11)14/h3-5,8,16H,6-7,14H2,1-2H3,(H,15,17). The summed E-state index contributed by atoms with van der Waals surface area (Å²) in [4.78, 5) is 11.3. The van der Waals surface area contributed by atoms with Crippen LogP contribution in [0.1, 0.15) is 13.8 Å². The first-order chi connectivity index (χ1) is 9.22. The summed E-state index contributed by atoms with van der Waals surface area (Å²) in [5.41, 5.74) is 5.68. The van der Waals surface area contributed by atoms with Gasteiger partial charge in [-0.2, -0.15) is 0 Å². The van der Waals surface area contributed by atoms with Gasteiger partial charge in [-0.05, 0) is 24.1 Å². The molecule has 0 aliphatic heterocycles. The van der Waals surface area contributed by atoms with Crippen LogP contribution in [0.4, 0.5) is 5.69 Å². The molecule has 0 unspecified atom stereocenters. The number of nitrogens with two attached hydrogens (primary N) is 1. The van der Waals surface area contributed by atoms with E-state index in [1.807, 2.05) is 13.8 Å². The van der Waals surface area contributed by atoms with Gasteiger partial charge in [-0.25, -0.2) is 13.1 Å². The van der Waals surface area contributed by atoms with Gasteiger partial charge < -0.3 is 11.1 Å². The van der Waals surface area contributed by atoms with Crippen LogP contribution < -0.4 is 15.8 Å². The van der Waals surface area contributed by atoms with Gasteiger partial charge in [-0.15, -0.1) is 0 Å². The molecule has 1 rings (SSSR count). The maximum absolute atomic E-state index is 12.0. The van der Waals surface area contributed by atoms with Gasteiger partial charge in [0.15, 0.2) is 0 Å². The summed E-state index contributed by atoms with van der Waals surface area (Å²) in [6.45, 7) is 4.02. The Balaban J connectivity index is 2.71. The van der Waals surface area contributed by atoms with E-state index in [1.165, 1.54) is 18.2 Å². The van der Waals surface area contributed by atoms with Crippen LogP contribution in [0.25, 0.3) is 0 Å². The van der Waals surface area contributed by atoms with Crippen molar-refractivity contribution in [3.8, 4) is 0 Å². The summed E-state index contributed by atoms with van der Waals surface area (Å²) in [5.74, 6) is -0.109.